The first kappa shape index (κ1) is 7.03. The van der Waals surface area contributed by atoms with Crippen LogP contribution in [0.15, 0.2) is 0 Å². The Kier molecular flexibility index (Phi) is 1.53. The average Bonchev–Trinajstić information content (AvgIpc) is 2.39. The molecule has 0 aromatic carbocycles. The molecular formula is C7H14O2. The fourth-order valence-corrected chi connectivity index (χ4v) is 1.04. The van der Waals surface area contributed by atoms with Crippen LogP contribution in [0.4, 0.5) is 0 Å². The van der Waals surface area contributed by atoms with Crippen LogP contribution in [0.5, 0.6) is 0 Å². The summed E-state index contributed by atoms with van der Waals surface area (Å²) in [5, 5.41) is 8.61. The molecule has 0 spiro atoms. The smallest absolute Gasteiger partial charge is 0.108 e. The van der Waals surface area contributed by atoms with Crippen molar-refractivity contribution in [3.05, 3.63) is 0 Å². The molecule has 0 radical (unpaired) electrons. The van der Waals surface area contributed by atoms with Gasteiger partial charge < -0.3 is 9.84 Å². The van der Waals surface area contributed by atoms with Crippen molar-refractivity contribution in [2.45, 2.75) is 33.0 Å². The quantitative estimate of drug-likeness (QED) is 0.532. The normalized spacial score (nSPS) is 34.7. The van der Waals surface area contributed by atoms with Crippen LogP contribution in [-0.4, -0.2) is 23.9 Å². The lowest BCUT2D eigenvalue weighted by Gasteiger charge is -2.13. The van der Waals surface area contributed by atoms with E-state index in [9.17, 15) is 0 Å². The van der Waals surface area contributed by atoms with Crippen molar-refractivity contribution in [2.75, 3.05) is 6.61 Å². The van der Waals surface area contributed by atoms with Crippen molar-refractivity contribution in [3.63, 3.8) is 0 Å². The van der Waals surface area contributed by atoms with E-state index in [2.05, 4.69) is 20.8 Å². The van der Waals surface area contributed by atoms with Crippen LogP contribution in [0.2, 0.25) is 0 Å². The summed E-state index contributed by atoms with van der Waals surface area (Å²) in [7, 11) is 0. The second-order valence-corrected chi connectivity index (χ2v) is 3.64. The first-order chi connectivity index (χ1) is 4.05. The molecule has 0 unspecified atom stereocenters. The van der Waals surface area contributed by atoms with Gasteiger partial charge in [-0.3, -0.25) is 0 Å². The molecule has 1 rings (SSSR count). The van der Waals surface area contributed by atoms with Gasteiger partial charge in [0.05, 0.1) is 12.7 Å². The summed E-state index contributed by atoms with van der Waals surface area (Å²) >= 11 is 0. The highest BCUT2D eigenvalue weighted by Crippen LogP contribution is 2.37. The van der Waals surface area contributed by atoms with Crippen LogP contribution in [0.25, 0.3) is 0 Å². The molecule has 1 saturated heterocycles. The van der Waals surface area contributed by atoms with Crippen molar-refractivity contribution in [1.82, 2.24) is 0 Å². The van der Waals surface area contributed by atoms with Gasteiger partial charge in [0, 0.05) is 0 Å². The summed E-state index contributed by atoms with van der Waals surface area (Å²) in [5.74, 6) is 0. The maximum absolute atomic E-state index is 8.61. The summed E-state index contributed by atoms with van der Waals surface area (Å²) in [5.41, 5.74) is 0.202. The molecule has 2 heteroatoms. The van der Waals surface area contributed by atoms with E-state index in [0.29, 0.717) is 0 Å². The lowest BCUT2D eigenvalue weighted by Crippen LogP contribution is -2.17. The molecule has 9 heavy (non-hydrogen) atoms. The van der Waals surface area contributed by atoms with E-state index < -0.39 is 0 Å². The van der Waals surface area contributed by atoms with E-state index in [1.165, 1.54) is 0 Å². The van der Waals surface area contributed by atoms with E-state index in [-0.39, 0.29) is 24.2 Å². The van der Waals surface area contributed by atoms with Gasteiger partial charge in [0.1, 0.15) is 6.10 Å². The number of hydrogen-bond donors (Lipinski definition) is 1. The molecular weight excluding hydrogens is 116 g/mol. The lowest BCUT2D eigenvalue weighted by atomic mass is 9.90. The average molecular weight is 130 g/mol. The fourth-order valence-electron chi connectivity index (χ4n) is 1.04. The number of hydrogen-bond acceptors (Lipinski definition) is 2. The predicted octanol–water partition coefficient (Wildman–Crippen LogP) is 0.792. The minimum absolute atomic E-state index is 0.116. The largest absolute Gasteiger partial charge is 0.394 e. The molecule has 0 bridgehead atoms. The molecule has 0 amide bonds. The van der Waals surface area contributed by atoms with Crippen LogP contribution in [0, 0.1) is 5.41 Å². The number of aliphatic hydroxyl groups excluding tert-OH is 1. The highest BCUT2D eigenvalue weighted by atomic mass is 16.6. The van der Waals surface area contributed by atoms with Gasteiger partial charge in [-0.05, 0) is 5.41 Å². The third-order valence-electron chi connectivity index (χ3n) is 1.62. The predicted molar refractivity (Wildman–Crippen MR) is 35.2 cm³/mol. The molecule has 0 aliphatic carbocycles. The van der Waals surface area contributed by atoms with Crippen LogP contribution in [-0.2, 0) is 4.74 Å². The molecule has 1 heterocycles. The van der Waals surface area contributed by atoms with Gasteiger partial charge in [-0.15, -0.1) is 0 Å². The van der Waals surface area contributed by atoms with Crippen molar-refractivity contribution in [3.8, 4) is 0 Å². The topological polar surface area (TPSA) is 32.8 Å². The van der Waals surface area contributed by atoms with Gasteiger partial charge in [-0.1, -0.05) is 20.8 Å². The first-order valence-electron chi connectivity index (χ1n) is 3.32. The SMILES string of the molecule is CC(C)(C)[C@H]1O[C@@H]1CO. The number of aliphatic hydroxyl groups is 1. The van der Waals surface area contributed by atoms with Crippen LogP contribution in [0.3, 0.4) is 0 Å². The molecule has 2 nitrogen and oxygen atoms in total. The monoisotopic (exact) mass is 130 g/mol. The molecule has 1 aliphatic heterocycles. The molecule has 0 aromatic rings. The number of rotatable bonds is 1. The zero-order valence-electron chi connectivity index (χ0n) is 6.22. The minimum Gasteiger partial charge on any atom is -0.394 e. The molecule has 1 fully saturated rings. The second-order valence-electron chi connectivity index (χ2n) is 3.64. The Hall–Kier alpha value is -0.0800. The van der Waals surface area contributed by atoms with E-state index in [1.807, 2.05) is 0 Å². The van der Waals surface area contributed by atoms with Gasteiger partial charge >= 0.3 is 0 Å². The minimum atomic E-state index is 0.116. The van der Waals surface area contributed by atoms with E-state index in [4.69, 9.17) is 9.84 Å². The third kappa shape index (κ3) is 1.43. The Morgan fingerprint density at radius 1 is 1.44 bits per heavy atom. The van der Waals surface area contributed by atoms with E-state index >= 15 is 0 Å². The van der Waals surface area contributed by atoms with Crippen molar-refractivity contribution in [2.24, 2.45) is 5.41 Å². The molecule has 2 atom stereocenters. The van der Waals surface area contributed by atoms with Gasteiger partial charge in [-0.25, -0.2) is 0 Å². The molecule has 0 saturated carbocycles. The Morgan fingerprint density at radius 3 is 2.11 bits per heavy atom. The summed E-state index contributed by atoms with van der Waals surface area (Å²) in [6.45, 7) is 6.52. The van der Waals surface area contributed by atoms with Gasteiger partial charge in [0.2, 0.25) is 0 Å². The van der Waals surface area contributed by atoms with Crippen LogP contribution >= 0.6 is 0 Å². The van der Waals surface area contributed by atoms with Crippen LogP contribution < -0.4 is 0 Å². The van der Waals surface area contributed by atoms with E-state index in [1.54, 1.807) is 0 Å². The molecule has 54 valence electrons. The Morgan fingerprint density at radius 2 is 2.00 bits per heavy atom. The standard InChI is InChI=1S/C7H14O2/c1-7(2,3)6-5(4-8)9-6/h5-6,8H,4H2,1-3H3/t5-,6+/m1/s1. The first-order valence-corrected chi connectivity index (χ1v) is 3.32. The highest BCUT2D eigenvalue weighted by Gasteiger charge is 2.46. The molecule has 1 N–H and O–H groups in total. The van der Waals surface area contributed by atoms with Gasteiger partial charge in [-0.2, -0.15) is 0 Å². The Balaban J connectivity index is 2.33. The zero-order valence-corrected chi connectivity index (χ0v) is 6.22. The second kappa shape index (κ2) is 1.96. The summed E-state index contributed by atoms with van der Waals surface area (Å²) in [6, 6.07) is 0. The van der Waals surface area contributed by atoms with Gasteiger partial charge in [0.25, 0.3) is 0 Å². The number of epoxide rings is 1. The summed E-state index contributed by atoms with van der Waals surface area (Å²) in [6.07, 6.45) is 0.396. The lowest BCUT2D eigenvalue weighted by molar-refractivity contribution is 0.230. The van der Waals surface area contributed by atoms with Crippen molar-refractivity contribution >= 4 is 0 Å². The summed E-state index contributed by atoms with van der Waals surface area (Å²) < 4.78 is 5.18. The Bertz CT molecular complexity index is 104. The van der Waals surface area contributed by atoms with Crippen LogP contribution in [0.1, 0.15) is 20.8 Å². The Labute approximate surface area is 55.8 Å². The third-order valence-corrected chi connectivity index (χ3v) is 1.62. The van der Waals surface area contributed by atoms with Crippen molar-refractivity contribution < 1.29 is 9.84 Å². The fraction of sp³-hybridized carbons (Fsp3) is 1.00. The maximum Gasteiger partial charge on any atom is 0.108 e. The highest BCUT2D eigenvalue weighted by molar-refractivity contribution is 4.92. The molecule has 1 aliphatic rings. The van der Waals surface area contributed by atoms with E-state index in [0.717, 1.165) is 0 Å². The molecule has 0 aromatic heterocycles. The van der Waals surface area contributed by atoms with Crippen molar-refractivity contribution in [1.29, 1.82) is 0 Å². The zero-order chi connectivity index (χ0) is 7.07. The number of ether oxygens (including phenoxy) is 1. The van der Waals surface area contributed by atoms with Gasteiger partial charge in [0.15, 0.2) is 0 Å². The summed E-state index contributed by atoms with van der Waals surface area (Å²) in [4.78, 5) is 0. The maximum atomic E-state index is 8.61.